The van der Waals surface area contributed by atoms with Crippen LogP contribution in [-0.4, -0.2) is 31.4 Å². The third-order valence-corrected chi connectivity index (χ3v) is 5.09. The van der Waals surface area contributed by atoms with E-state index in [9.17, 15) is 4.79 Å². The molecule has 0 fully saturated rings. The van der Waals surface area contributed by atoms with Gasteiger partial charge in [0.25, 0.3) is 0 Å². The number of carbonyl (C=O) groups excluding carboxylic acids is 1. The zero-order chi connectivity index (χ0) is 15.5. The van der Waals surface area contributed by atoms with E-state index in [1.54, 1.807) is 11.6 Å². The van der Waals surface area contributed by atoms with Crippen molar-refractivity contribution in [2.75, 3.05) is 5.75 Å². The quantitative estimate of drug-likeness (QED) is 0.676. The van der Waals surface area contributed by atoms with Crippen LogP contribution in [0.2, 0.25) is 0 Å². The number of rotatable bonds is 5. The first kappa shape index (κ1) is 15.2. The van der Waals surface area contributed by atoms with E-state index in [4.69, 9.17) is 5.11 Å². The number of benzene rings is 1. The normalized spacial score (nSPS) is 13.9. The lowest BCUT2D eigenvalue weighted by atomic mass is 9.90. The second kappa shape index (κ2) is 6.62. The third kappa shape index (κ3) is 3.08. The summed E-state index contributed by atoms with van der Waals surface area (Å²) in [6.07, 6.45) is 4.66. The van der Waals surface area contributed by atoms with E-state index >= 15 is 0 Å². The number of ketones is 1. The number of hydrogen-bond donors (Lipinski definition) is 1. The molecule has 1 aliphatic rings. The Labute approximate surface area is 133 Å². The van der Waals surface area contributed by atoms with Crippen LogP contribution in [0.15, 0.2) is 23.4 Å². The highest BCUT2D eigenvalue weighted by molar-refractivity contribution is 7.99. The van der Waals surface area contributed by atoms with Crippen LogP contribution in [-0.2, 0) is 26.5 Å². The van der Waals surface area contributed by atoms with Gasteiger partial charge in [-0.05, 0) is 42.9 Å². The molecule has 0 bridgehead atoms. The Balaban J connectivity index is 1.68. The van der Waals surface area contributed by atoms with Gasteiger partial charge in [0.1, 0.15) is 6.61 Å². The van der Waals surface area contributed by atoms with Crippen molar-refractivity contribution in [1.29, 1.82) is 0 Å². The summed E-state index contributed by atoms with van der Waals surface area (Å²) in [5.74, 6) is 0.937. The van der Waals surface area contributed by atoms with Gasteiger partial charge in [0.15, 0.2) is 16.8 Å². The number of aliphatic hydroxyl groups excluding tert-OH is 1. The topological polar surface area (TPSA) is 68.0 Å². The SMILES string of the molecule is Cn1c(CO)nnc1SCC(=O)c1ccc2c(c1)CCCC2. The molecule has 0 saturated heterocycles. The summed E-state index contributed by atoms with van der Waals surface area (Å²) in [5, 5.41) is 17.6. The number of hydrogen-bond acceptors (Lipinski definition) is 5. The van der Waals surface area contributed by atoms with Crippen LogP contribution in [0, 0.1) is 0 Å². The smallest absolute Gasteiger partial charge is 0.191 e. The predicted molar refractivity (Wildman–Crippen MR) is 85.1 cm³/mol. The minimum Gasteiger partial charge on any atom is -0.388 e. The highest BCUT2D eigenvalue weighted by atomic mass is 32.2. The summed E-state index contributed by atoms with van der Waals surface area (Å²) in [7, 11) is 1.79. The summed E-state index contributed by atoms with van der Waals surface area (Å²) in [6, 6.07) is 6.08. The van der Waals surface area contributed by atoms with Gasteiger partial charge in [-0.15, -0.1) is 10.2 Å². The van der Waals surface area contributed by atoms with Crippen LogP contribution in [0.4, 0.5) is 0 Å². The van der Waals surface area contributed by atoms with Gasteiger partial charge in [-0.1, -0.05) is 23.9 Å². The molecular formula is C16H19N3O2S. The first-order valence-electron chi connectivity index (χ1n) is 7.46. The first-order valence-corrected chi connectivity index (χ1v) is 8.44. The van der Waals surface area contributed by atoms with E-state index in [0.29, 0.717) is 16.7 Å². The van der Waals surface area contributed by atoms with Crippen molar-refractivity contribution in [2.45, 2.75) is 37.4 Å². The number of nitrogens with zero attached hydrogens (tertiary/aromatic N) is 3. The Hall–Kier alpha value is -1.66. The van der Waals surface area contributed by atoms with Gasteiger partial charge < -0.3 is 9.67 Å². The Bertz CT molecular complexity index is 697. The summed E-state index contributed by atoms with van der Waals surface area (Å²) >= 11 is 1.35. The first-order chi connectivity index (χ1) is 10.7. The van der Waals surface area contributed by atoms with Gasteiger partial charge in [0.05, 0.1) is 5.75 Å². The minimum atomic E-state index is -0.150. The van der Waals surface area contributed by atoms with Crippen LogP contribution in [0.25, 0.3) is 0 Å². The van der Waals surface area contributed by atoms with Gasteiger partial charge in [-0.2, -0.15) is 0 Å². The monoisotopic (exact) mass is 317 g/mol. The second-order valence-electron chi connectivity index (χ2n) is 5.52. The molecule has 0 unspecified atom stereocenters. The average Bonchev–Trinajstić information content (AvgIpc) is 2.92. The Morgan fingerprint density at radius 2 is 2.05 bits per heavy atom. The molecule has 0 amide bonds. The van der Waals surface area contributed by atoms with Crippen LogP contribution >= 0.6 is 11.8 Å². The summed E-state index contributed by atoms with van der Waals surface area (Å²) in [5.41, 5.74) is 3.48. The molecule has 1 N–H and O–H groups in total. The zero-order valence-electron chi connectivity index (χ0n) is 12.6. The van der Waals surface area contributed by atoms with Crippen molar-refractivity contribution in [3.8, 4) is 0 Å². The van der Waals surface area contributed by atoms with Crippen LogP contribution < -0.4 is 0 Å². The standard InChI is InChI=1S/C16H19N3O2S/c1-19-15(9-20)17-18-16(19)22-10-14(21)13-7-6-11-4-2-3-5-12(11)8-13/h6-8,20H,2-5,9-10H2,1H3. The Kier molecular flexibility index (Phi) is 4.59. The largest absolute Gasteiger partial charge is 0.388 e. The van der Waals surface area contributed by atoms with Crippen LogP contribution in [0.3, 0.4) is 0 Å². The highest BCUT2D eigenvalue weighted by Gasteiger charge is 2.15. The van der Waals surface area contributed by atoms with Crippen molar-refractivity contribution in [3.05, 3.63) is 40.7 Å². The van der Waals surface area contributed by atoms with Gasteiger partial charge in [-0.3, -0.25) is 4.79 Å². The fraction of sp³-hybridized carbons (Fsp3) is 0.438. The van der Waals surface area contributed by atoms with E-state index in [1.165, 1.54) is 35.7 Å². The maximum Gasteiger partial charge on any atom is 0.191 e. The molecule has 0 radical (unpaired) electrons. The van der Waals surface area contributed by atoms with E-state index in [2.05, 4.69) is 16.3 Å². The van der Waals surface area contributed by atoms with E-state index in [0.717, 1.165) is 18.4 Å². The fourth-order valence-corrected chi connectivity index (χ4v) is 3.55. The maximum atomic E-state index is 12.4. The van der Waals surface area contributed by atoms with Gasteiger partial charge in [0.2, 0.25) is 0 Å². The molecule has 0 aliphatic heterocycles. The molecule has 6 heteroatoms. The molecule has 1 aromatic heterocycles. The summed E-state index contributed by atoms with van der Waals surface area (Å²) < 4.78 is 1.71. The lowest BCUT2D eigenvalue weighted by Crippen LogP contribution is -2.08. The molecule has 2 aromatic rings. The minimum absolute atomic E-state index is 0.104. The number of carbonyl (C=O) groups is 1. The average molecular weight is 317 g/mol. The lowest BCUT2D eigenvalue weighted by molar-refractivity contribution is 0.102. The summed E-state index contributed by atoms with van der Waals surface area (Å²) in [6.45, 7) is -0.150. The van der Waals surface area contributed by atoms with Gasteiger partial charge in [-0.25, -0.2) is 0 Å². The fourth-order valence-electron chi connectivity index (χ4n) is 2.73. The van der Waals surface area contributed by atoms with E-state index in [1.807, 2.05) is 12.1 Å². The van der Waals surface area contributed by atoms with Crippen molar-refractivity contribution < 1.29 is 9.90 Å². The maximum absolute atomic E-state index is 12.4. The number of thioether (sulfide) groups is 1. The van der Waals surface area contributed by atoms with Crippen molar-refractivity contribution in [2.24, 2.45) is 7.05 Å². The molecular weight excluding hydrogens is 298 g/mol. The van der Waals surface area contributed by atoms with Crippen molar-refractivity contribution in [1.82, 2.24) is 14.8 Å². The Morgan fingerprint density at radius 3 is 2.77 bits per heavy atom. The van der Waals surface area contributed by atoms with E-state index < -0.39 is 0 Å². The molecule has 5 nitrogen and oxygen atoms in total. The number of aryl methyl sites for hydroxylation is 2. The number of aromatic nitrogens is 3. The summed E-state index contributed by atoms with van der Waals surface area (Å²) in [4.78, 5) is 12.4. The molecule has 0 saturated carbocycles. The number of aliphatic hydroxyl groups is 1. The molecule has 1 aliphatic carbocycles. The molecule has 0 spiro atoms. The molecule has 1 aromatic carbocycles. The zero-order valence-corrected chi connectivity index (χ0v) is 13.4. The van der Waals surface area contributed by atoms with Gasteiger partial charge >= 0.3 is 0 Å². The molecule has 3 rings (SSSR count). The molecule has 116 valence electrons. The molecule has 22 heavy (non-hydrogen) atoms. The number of fused-ring (bicyclic) bond motifs is 1. The van der Waals surface area contributed by atoms with Crippen LogP contribution in [0.5, 0.6) is 0 Å². The lowest BCUT2D eigenvalue weighted by Gasteiger charge is -2.16. The van der Waals surface area contributed by atoms with Crippen molar-refractivity contribution >= 4 is 17.5 Å². The molecule has 1 heterocycles. The highest BCUT2D eigenvalue weighted by Crippen LogP contribution is 2.24. The number of Topliss-reactive ketones (excluding diaryl/α,β-unsaturated/α-hetero) is 1. The molecule has 0 atom stereocenters. The Morgan fingerprint density at radius 1 is 1.27 bits per heavy atom. The third-order valence-electron chi connectivity index (χ3n) is 4.07. The van der Waals surface area contributed by atoms with Gasteiger partial charge in [0, 0.05) is 12.6 Å². The second-order valence-corrected chi connectivity index (χ2v) is 6.46. The van der Waals surface area contributed by atoms with Crippen molar-refractivity contribution in [3.63, 3.8) is 0 Å². The predicted octanol–water partition coefficient (Wildman–Crippen LogP) is 2.16. The van der Waals surface area contributed by atoms with Crippen LogP contribution in [0.1, 0.15) is 40.2 Å². The van der Waals surface area contributed by atoms with E-state index in [-0.39, 0.29) is 12.4 Å².